The van der Waals surface area contributed by atoms with Crippen LogP contribution in [-0.2, 0) is 28.7 Å². The van der Waals surface area contributed by atoms with Crippen molar-refractivity contribution >= 4 is 23.3 Å². The molecule has 0 saturated heterocycles. The number of carboxylic acids is 1. The third-order valence-corrected chi connectivity index (χ3v) is 3.00. The molecule has 0 rings (SSSR count). The first-order valence-corrected chi connectivity index (χ1v) is 7.86. The average molecular weight is 330 g/mol. The number of ether oxygens (including phenoxy) is 2. The van der Waals surface area contributed by atoms with Crippen LogP contribution in [0.3, 0.4) is 0 Å². The highest BCUT2D eigenvalue weighted by Crippen LogP contribution is 2.12. The summed E-state index contributed by atoms with van der Waals surface area (Å²) in [6.07, 6.45) is 0.588. The number of carbonyl (C=O) groups excluding carboxylic acids is 3. The van der Waals surface area contributed by atoms with Gasteiger partial charge in [0.1, 0.15) is 19.0 Å². The van der Waals surface area contributed by atoms with Crippen LogP contribution in [0.25, 0.3) is 0 Å². The minimum absolute atomic E-state index is 0.153. The van der Waals surface area contributed by atoms with Crippen LogP contribution < -0.4 is 0 Å². The van der Waals surface area contributed by atoms with E-state index in [2.05, 4.69) is 0 Å². The zero-order chi connectivity index (χ0) is 17.7. The quantitative estimate of drug-likeness (QED) is 0.357. The van der Waals surface area contributed by atoms with Gasteiger partial charge in [-0.3, -0.25) is 19.2 Å². The molecule has 0 aliphatic carbocycles. The van der Waals surface area contributed by atoms with E-state index in [0.29, 0.717) is 13.2 Å². The number of carboxylic acid groups (broad SMARTS) is 1. The lowest BCUT2D eigenvalue weighted by Crippen LogP contribution is -2.31. The van der Waals surface area contributed by atoms with E-state index < -0.39 is 23.5 Å². The van der Waals surface area contributed by atoms with E-state index in [1.54, 1.807) is 0 Å². The fourth-order valence-corrected chi connectivity index (χ4v) is 1.85. The van der Waals surface area contributed by atoms with Gasteiger partial charge in [-0.25, -0.2) is 0 Å². The lowest BCUT2D eigenvalue weighted by molar-refractivity contribution is -0.142. The van der Waals surface area contributed by atoms with E-state index in [-0.39, 0.29) is 38.3 Å². The summed E-state index contributed by atoms with van der Waals surface area (Å²) in [5, 5.41) is 8.63. The first-order chi connectivity index (χ1) is 10.9. The molecule has 0 spiro atoms. The predicted molar refractivity (Wildman–Crippen MR) is 82.2 cm³/mol. The molecule has 1 N–H and O–H groups in total. The Kier molecular flexibility index (Phi) is 12.0. The van der Waals surface area contributed by atoms with Crippen LogP contribution in [-0.4, -0.2) is 54.9 Å². The Morgan fingerprint density at radius 1 is 0.870 bits per heavy atom. The van der Waals surface area contributed by atoms with Crippen LogP contribution in [0.15, 0.2) is 0 Å². The van der Waals surface area contributed by atoms with Gasteiger partial charge in [0.05, 0.1) is 12.3 Å². The molecule has 1 atom stereocenters. The van der Waals surface area contributed by atoms with Crippen molar-refractivity contribution in [1.82, 2.24) is 0 Å². The number of hydrogen-bond donors (Lipinski definition) is 1. The molecule has 0 heterocycles. The van der Waals surface area contributed by atoms with Crippen molar-refractivity contribution < 1.29 is 33.8 Å². The van der Waals surface area contributed by atoms with Crippen LogP contribution in [0.4, 0.5) is 0 Å². The maximum Gasteiger partial charge on any atom is 0.303 e. The molecule has 0 unspecified atom stereocenters. The molecule has 0 aromatic carbocycles. The monoisotopic (exact) mass is 330 g/mol. The normalized spacial score (nSPS) is 11.9. The first kappa shape index (κ1) is 21.4. The summed E-state index contributed by atoms with van der Waals surface area (Å²) >= 11 is 0. The highest BCUT2D eigenvalue weighted by molar-refractivity contribution is 6.06. The third kappa shape index (κ3) is 10.7. The summed E-state index contributed by atoms with van der Waals surface area (Å²) in [6, 6.07) is 0. The number of ketones is 3. The Hall–Kier alpha value is -1.60. The van der Waals surface area contributed by atoms with Gasteiger partial charge in [0.25, 0.3) is 0 Å². The van der Waals surface area contributed by atoms with E-state index in [9.17, 15) is 19.2 Å². The molecule has 0 amide bonds. The highest BCUT2D eigenvalue weighted by atomic mass is 16.5. The number of hydrogen-bond acceptors (Lipinski definition) is 6. The first-order valence-electron chi connectivity index (χ1n) is 7.86. The van der Waals surface area contributed by atoms with Gasteiger partial charge < -0.3 is 14.6 Å². The molecule has 7 nitrogen and oxygen atoms in total. The third-order valence-electron chi connectivity index (χ3n) is 3.00. The van der Waals surface area contributed by atoms with Gasteiger partial charge in [-0.1, -0.05) is 13.8 Å². The van der Waals surface area contributed by atoms with Crippen molar-refractivity contribution in [2.75, 3.05) is 26.4 Å². The number of aliphatic carboxylic acids is 1. The molecule has 0 fully saturated rings. The van der Waals surface area contributed by atoms with Gasteiger partial charge in [-0.2, -0.15) is 0 Å². The summed E-state index contributed by atoms with van der Waals surface area (Å²) in [7, 11) is 0. The summed E-state index contributed by atoms with van der Waals surface area (Å²) in [6.45, 7) is 4.19. The second-order valence-electron chi connectivity index (χ2n) is 5.23. The van der Waals surface area contributed by atoms with Crippen LogP contribution in [0.1, 0.15) is 46.0 Å². The molecule has 0 saturated carbocycles. The highest BCUT2D eigenvalue weighted by Gasteiger charge is 2.28. The Labute approximate surface area is 136 Å². The van der Waals surface area contributed by atoms with Crippen molar-refractivity contribution in [3.05, 3.63) is 0 Å². The molecule has 0 bridgehead atoms. The maximum atomic E-state index is 12.1. The molecule has 0 aliphatic rings. The molecular formula is C16H26O7. The maximum absolute atomic E-state index is 12.1. The molecule has 0 aromatic heterocycles. The van der Waals surface area contributed by atoms with Gasteiger partial charge in [0.2, 0.25) is 0 Å². The molecule has 23 heavy (non-hydrogen) atoms. The Morgan fingerprint density at radius 3 is 1.96 bits per heavy atom. The molecule has 132 valence electrons. The van der Waals surface area contributed by atoms with Gasteiger partial charge >= 0.3 is 5.97 Å². The topological polar surface area (TPSA) is 107 Å². The number of rotatable bonds is 15. The van der Waals surface area contributed by atoms with Gasteiger partial charge in [-0.15, -0.1) is 0 Å². The molecule has 0 aromatic rings. The Bertz CT molecular complexity index is 403. The van der Waals surface area contributed by atoms with E-state index in [4.69, 9.17) is 14.6 Å². The predicted octanol–water partition coefficient (Wildman–Crippen LogP) is 1.42. The minimum atomic E-state index is -1.15. The lowest BCUT2D eigenvalue weighted by atomic mass is 9.91. The van der Waals surface area contributed by atoms with Crippen LogP contribution in [0.5, 0.6) is 0 Å². The molecule has 0 radical (unpaired) electrons. The van der Waals surface area contributed by atoms with E-state index in [1.807, 2.05) is 13.8 Å². The van der Waals surface area contributed by atoms with Crippen LogP contribution in [0.2, 0.25) is 0 Å². The number of Topliss-reactive ketones (excluding diaryl/α,β-unsaturated/α-hetero) is 3. The molecular weight excluding hydrogens is 304 g/mol. The fourth-order valence-electron chi connectivity index (χ4n) is 1.85. The summed E-state index contributed by atoms with van der Waals surface area (Å²) in [4.78, 5) is 46.5. The zero-order valence-corrected chi connectivity index (χ0v) is 13.8. The average Bonchev–Trinajstić information content (AvgIpc) is 2.50. The fraction of sp³-hybridized carbons (Fsp3) is 0.750. The van der Waals surface area contributed by atoms with Gasteiger partial charge in [0, 0.05) is 26.1 Å². The van der Waals surface area contributed by atoms with Gasteiger partial charge in [0.15, 0.2) is 11.6 Å². The van der Waals surface area contributed by atoms with Crippen molar-refractivity contribution in [2.45, 2.75) is 46.0 Å². The van der Waals surface area contributed by atoms with Crippen molar-refractivity contribution in [2.24, 2.45) is 5.92 Å². The van der Waals surface area contributed by atoms with Gasteiger partial charge in [-0.05, 0) is 12.8 Å². The van der Waals surface area contributed by atoms with Crippen molar-refractivity contribution in [3.8, 4) is 0 Å². The second-order valence-corrected chi connectivity index (χ2v) is 5.23. The minimum Gasteiger partial charge on any atom is -0.481 e. The summed E-state index contributed by atoms with van der Waals surface area (Å²) < 4.78 is 10.2. The van der Waals surface area contributed by atoms with Crippen molar-refractivity contribution in [3.63, 3.8) is 0 Å². The largest absolute Gasteiger partial charge is 0.481 e. The van der Waals surface area contributed by atoms with Crippen LogP contribution in [0, 0.1) is 5.92 Å². The SMILES string of the molecule is CCCOCC(=O)C[C@@H](C(=O)CCC(=O)O)C(=O)COCCC. The van der Waals surface area contributed by atoms with Crippen molar-refractivity contribution in [1.29, 1.82) is 0 Å². The Balaban J connectivity index is 4.64. The van der Waals surface area contributed by atoms with E-state index in [1.165, 1.54) is 0 Å². The van der Waals surface area contributed by atoms with E-state index >= 15 is 0 Å². The standard InChI is InChI=1S/C16H26O7/c1-3-7-22-10-12(17)9-13(14(18)5-6-16(20)21)15(19)11-23-8-4-2/h13H,3-11H2,1-2H3,(H,20,21)/t13-/m0/s1. The second kappa shape index (κ2) is 12.9. The lowest BCUT2D eigenvalue weighted by Gasteiger charge is -2.14. The molecule has 7 heteroatoms. The molecule has 0 aliphatic heterocycles. The summed E-state index contributed by atoms with van der Waals surface area (Å²) in [5.74, 6) is -3.65. The number of carbonyl (C=O) groups is 4. The zero-order valence-electron chi connectivity index (χ0n) is 13.8. The smallest absolute Gasteiger partial charge is 0.303 e. The summed E-state index contributed by atoms with van der Waals surface area (Å²) in [5.41, 5.74) is 0. The van der Waals surface area contributed by atoms with Crippen LogP contribution >= 0.6 is 0 Å². The van der Waals surface area contributed by atoms with E-state index in [0.717, 1.165) is 12.8 Å². The Morgan fingerprint density at radius 2 is 1.43 bits per heavy atom.